The molecule has 1 aliphatic rings. The standard InChI is InChI=1S/C18H17ClN2O2S/c19-13-5-3-6-14(10-13)20-17(22)11-24-16-9-8-12-4-1-2-7-15(12)21-18(16)23/h1-7,10,16H,8-9,11H2,(H,20,22)(H,21,23)/t16-/m1/s1. The van der Waals surface area contributed by atoms with E-state index in [1.54, 1.807) is 24.3 Å². The van der Waals surface area contributed by atoms with Gasteiger partial charge < -0.3 is 10.6 Å². The van der Waals surface area contributed by atoms with Gasteiger partial charge >= 0.3 is 0 Å². The van der Waals surface area contributed by atoms with Crippen LogP contribution in [0.2, 0.25) is 5.02 Å². The van der Waals surface area contributed by atoms with Gasteiger partial charge in [0, 0.05) is 16.4 Å². The van der Waals surface area contributed by atoms with E-state index in [2.05, 4.69) is 10.6 Å². The first-order chi connectivity index (χ1) is 11.6. The third-order valence-corrected chi connectivity index (χ3v) is 5.28. The van der Waals surface area contributed by atoms with E-state index in [-0.39, 0.29) is 22.8 Å². The fourth-order valence-corrected chi connectivity index (χ4v) is 3.70. The number of thioether (sulfide) groups is 1. The quantitative estimate of drug-likeness (QED) is 0.867. The average molecular weight is 361 g/mol. The Bertz CT molecular complexity index is 766. The van der Waals surface area contributed by atoms with Crippen LogP contribution in [0.4, 0.5) is 11.4 Å². The summed E-state index contributed by atoms with van der Waals surface area (Å²) < 4.78 is 0. The summed E-state index contributed by atoms with van der Waals surface area (Å²) in [6, 6.07) is 14.8. The predicted octanol–water partition coefficient (Wildman–Crippen LogP) is 3.97. The molecular formula is C18H17ClN2O2S. The SMILES string of the molecule is O=C(CS[C@@H]1CCc2ccccc2NC1=O)Nc1cccc(Cl)c1. The van der Waals surface area contributed by atoms with Crippen molar-refractivity contribution < 1.29 is 9.59 Å². The molecule has 1 aliphatic heterocycles. The first-order valence-corrected chi connectivity index (χ1v) is 9.10. The summed E-state index contributed by atoms with van der Waals surface area (Å²) in [6.07, 6.45) is 1.54. The molecule has 0 saturated carbocycles. The number of halogens is 1. The molecule has 3 rings (SSSR count). The molecular weight excluding hydrogens is 344 g/mol. The van der Waals surface area contributed by atoms with Gasteiger partial charge in [-0.15, -0.1) is 11.8 Å². The molecule has 0 aliphatic carbocycles. The van der Waals surface area contributed by atoms with Crippen molar-refractivity contribution in [3.8, 4) is 0 Å². The summed E-state index contributed by atoms with van der Waals surface area (Å²) in [7, 11) is 0. The zero-order valence-electron chi connectivity index (χ0n) is 12.9. The van der Waals surface area contributed by atoms with Gasteiger partial charge in [0.25, 0.3) is 0 Å². The number of hydrogen-bond donors (Lipinski definition) is 2. The second-order valence-electron chi connectivity index (χ2n) is 5.54. The molecule has 24 heavy (non-hydrogen) atoms. The largest absolute Gasteiger partial charge is 0.325 e. The smallest absolute Gasteiger partial charge is 0.237 e. The highest BCUT2D eigenvalue weighted by Crippen LogP contribution is 2.27. The Morgan fingerprint density at radius 3 is 2.92 bits per heavy atom. The van der Waals surface area contributed by atoms with E-state index in [9.17, 15) is 9.59 Å². The minimum Gasteiger partial charge on any atom is -0.325 e. The highest BCUT2D eigenvalue weighted by atomic mass is 35.5. The van der Waals surface area contributed by atoms with E-state index >= 15 is 0 Å². The lowest BCUT2D eigenvalue weighted by Gasteiger charge is -2.12. The lowest BCUT2D eigenvalue weighted by molar-refractivity contribution is -0.115. The maximum absolute atomic E-state index is 12.3. The Kier molecular flexibility index (Phi) is 5.43. The molecule has 2 N–H and O–H groups in total. The van der Waals surface area contributed by atoms with Gasteiger partial charge in [-0.25, -0.2) is 0 Å². The number of carbonyl (C=O) groups excluding carboxylic acids is 2. The number of nitrogens with one attached hydrogen (secondary N) is 2. The summed E-state index contributed by atoms with van der Waals surface area (Å²) in [5, 5.41) is 6.08. The van der Waals surface area contributed by atoms with Crippen molar-refractivity contribution in [1.29, 1.82) is 0 Å². The van der Waals surface area contributed by atoms with Gasteiger partial charge in [0.05, 0.1) is 11.0 Å². The van der Waals surface area contributed by atoms with Crippen LogP contribution in [0.25, 0.3) is 0 Å². The summed E-state index contributed by atoms with van der Waals surface area (Å²) in [5.41, 5.74) is 2.66. The molecule has 0 saturated heterocycles. The maximum atomic E-state index is 12.3. The number of amides is 2. The van der Waals surface area contributed by atoms with Crippen LogP contribution >= 0.6 is 23.4 Å². The van der Waals surface area contributed by atoms with Crippen LogP contribution in [-0.4, -0.2) is 22.8 Å². The van der Waals surface area contributed by atoms with Crippen molar-refractivity contribution in [2.45, 2.75) is 18.1 Å². The van der Waals surface area contributed by atoms with Crippen LogP contribution in [0.3, 0.4) is 0 Å². The maximum Gasteiger partial charge on any atom is 0.237 e. The Balaban J connectivity index is 1.55. The van der Waals surface area contributed by atoms with Crippen LogP contribution in [0.1, 0.15) is 12.0 Å². The highest BCUT2D eigenvalue weighted by Gasteiger charge is 2.24. The fraction of sp³-hybridized carbons (Fsp3) is 0.222. The summed E-state index contributed by atoms with van der Waals surface area (Å²) in [4.78, 5) is 24.4. The van der Waals surface area contributed by atoms with Crippen molar-refractivity contribution >= 4 is 46.6 Å². The first-order valence-electron chi connectivity index (χ1n) is 7.67. The van der Waals surface area contributed by atoms with Crippen LogP contribution < -0.4 is 10.6 Å². The molecule has 0 unspecified atom stereocenters. The third kappa shape index (κ3) is 4.30. The molecule has 0 fully saturated rings. The van der Waals surface area contributed by atoms with E-state index < -0.39 is 0 Å². The Labute approximate surface area is 150 Å². The Morgan fingerprint density at radius 1 is 1.25 bits per heavy atom. The number of fused-ring (bicyclic) bond motifs is 1. The van der Waals surface area contributed by atoms with Crippen molar-refractivity contribution in [1.82, 2.24) is 0 Å². The van der Waals surface area contributed by atoms with Crippen LogP contribution in [0.15, 0.2) is 48.5 Å². The van der Waals surface area contributed by atoms with Crippen LogP contribution in [-0.2, 0) is 16.0 Å². The van der Waals surface area contributed by atoms with Gasteiger partial charge in [0.15, 0.2) is 0 Å². The van der Waals surface area contributed by atoms with Crippen molar-refractivity contribution in [3.05, 3.63) is 59.1 Å². The monoisotopic (exact) mass is 360 g/mol. The number of carbonyl (C=O) groups is 2. The highest BCUT2D eigenvalue weighted by molar-refractivity contribution is 8.01. The third-order valence-electron chi connectivity index (χ3n) is 3.77. The molecule has 1 heterocycles. The number of benzene rings is 2. The van der Waals surface area contributed by atoms with Gasteiger partial charge in [-0.2, -0.15) is 0 Å². The normalized spacial score (nSPS) is 16.7. The molecule has 2 amide bonds. The van der Waals surface area contributed by atoms with Crippen molar-refractivity contribution in [3.63, 3.8) is 0 Å². The van der Waals surface area contributed by atoms with Gasteiger partial charge in [-0.05, 0) is 42.7 Å². The Morgan fingerprint density at radius 2 is 2.08 bits per heavy atom. The van der Waals surface area contributed by atoms with Crippen LogP contribution in [0, 0.1) is 0 Å². The zero-order chi connectivity index (χ0) is 16.9. The van der Waals surface area contributed by atoms with E-state index in [4.69, 9.17) is 11.6 Å². The average Bonchev–Trinajstić information content (AvgIpc) is 2.71. The second kappa shape index (κ2) is 7.73. The molecule has 4 nitrogen and oxygen atoms in total. The predicted molar refractivity (Wildman–Crippen MR) is 99.7 cm³/mol. The van der Waals surface area contributed by atoms with Crippen LogP contribution in [0.5, 0.6) is 0 Å². The van der Waals surface area contributed by atoms with E-state index in [1.807, 2.05) is 24.3 Å². The number of anilines is 2. The first kappa shape index (κ1) is 16.9. The topological polar surface area (TPSA) is 58.2 Å². The molecule has 0 aromatic heterocycles. The molecule has 0 bridgehead atoms. The summed E-state index contributed by atoms with van der Waals surface area (Å²) in [5.74, 6) is 0.0401. The zero-order valence-corrected chi connectivity index (χ0v) is 14.5. The van der Waals surface area contributed by atoms with Gasteiger partial charge in [-0.3, -0.25) is 9.59 Å². The van der Waals surface area contributed by atoms with E-state index in [0.29, 0.717) is 10.7 Å². The second-order valence-corrected chi connectivity index (χ2v) is 7.17. The number of para-hydroxylation sites is 1. The van der Waals surface area contributed by atoms with Crippen molar-refractivity contribution in [2.75, 3.05) is 16.4 Å². The lowest BCUT2D eigenvalue weighted by Crippen LogP contribution is -2.26. The molecule has 0 radical (unpaired) electrons. The van der Waals surface area contributed by atoms with E-state index in [0.717, 1.165) is 24.1 Å². The Hall–Kier alpha value is -1.98. The number of aryl methyl sites for hydroxylation is 1. The summed E-state index contributed by atoms with van der Waals surface area (Å²) in [6.45, 7) is 0. The molecule has 0 spiro atoms. The number of hydrogen-bond acceptors (Lipinski definition) is 3. The molecule has 2 aromatic rings. The van der Waals surface area contributed by atoms with E-state index in [1.165, 1.54) is 11.8 Å². The molecule has 124 valence electrons. The minimum atomic E-state index is -0.234. The molecule has 6 heteroatoms. The van der Waals surface area contributed by atoms with Crippen molar-refractivity contribution in [2.24, 2.45) is 0 Å². The van der Waals surface area contributed by atoms with Gasteiger partial charge in [-0.1, -0.05) is 35.9 Å². The fourth-order valence-electron chi connectivity index (χ4n) is 2.59. The minimum absolute atomic E-state index is 0.0412. The van der Waals surface area contributed by atoms with Gasteiger partial charge in [0.1, 0.15) is 0 Å². The molecule has 2 aromatic carbocycles. The molecule has 1 atom stereocenters. The number of rotatable bonds is 4. The lowest BCUT2D eigenvalue weighted by atomic mass is 10.1. The van der Waals surface area contributed by atoms with Gasteiger partial charge in [0.2, 0.25) is 11.8 Å². The summed E-state index contributed by atoms with van der Waals surface area (Å²) >= 11 is 7.26.